The zero-order chi connectivity index (χ0) is 11.7. The largest absolute Gasteiger partial charge is 0.386 e. The number of ether oxygens (including phenoxy) is 1. The molecule has 1 fully saturated rings. The van der Waals surface area contributed by atoms with Gasteiger partial charge in [0.1, 0.15) is 11.9 Å². The molecule has 5 heteroatoms. The average Bonchev–Trinajstić information content (AvgIpc) is 2.79. The van der Waals surface area contributed by atoms with E-state index in [9.17, 15) is 9.50 Å². The molecule has 0 aromatic heterocycles. The lowest BCUT2D eigenvalue weighted by molar-refractivity contribution is -0.00426. The standard InChI is InChI=1S/C11H11BrClFO2/c12-7-4-3-6(10(14)9(7)13)11(15)8-2-1-5-16-8/h3-4,8,11,15H,1-2,5H2. The van der Waals surface area contributed by atoms with Crippen molar-refractivity contribution < 1.29 is 14.2 Å². The molecule has 0 bridgehead atoms. The first-order valence-corrected chi connectivity index (χ1v) is 6.21. The molecule has 1 aromatic carbocycles. The molecule has 2 rings (SSSR count). The van der Waals surface area contributed by atoms with Crippen LogP contribution >= 0.6 is 27.5 Å². The maximum atomic E-state index is 13.8. The first-order valence-electron chi connectivity index (χ1n) is 5.04. The second kappa shape index (κ2) is 5.00. The van der Waals surface area contributed by atoms with E-state index in [0.717, 1.165) is 12.8 Å². The third kappa shape index (κ3) is 2.25. The van der Waals surface area contributed by atoms with Crippen LogP contribution in [-0.4, -0.2) is 17.8 Å². The molecule has 0 spiro atoms. The summed E-state index contributed by atoms with van der Waals surface area (Å²) in [6, 6.07) is 3.15. The van der Waals surface area contributed by atoms with E-state index in [2.05, 4.69) is 15.9 Å². The van der Waals surface area contributed by atoms with E-state index in [1.165, 1.54) is 6.07 Å². The van der Waals surface area contributed by atoms with Gasteiger partial charge in [0.25, 0.3) is 0 Å². The number of rotatable bonds is 2. The van der Waals surface area contributed by atoms with Gasteiger partial charge in [-0.2, -0.15) is 0 Å². The molecular formula is C11H11BrClFO2. The topological polar surface area (TPSA) is 29.5 Å². The van der Waals surface area contributed by atoms with E-state index in [1.807, 2.05) is 0 Å². The Morgan fingerprint density at radius 3 is 2.94 bits per heavy atom. The molecule has 2 nitrogen and oxygen atoms in total. The first-order chi connectivity index (χ1) is 7.61. The summed E-state index contributed by atoms with van der Waals surface area (Å²) in [5.41, 5.74) is 0.195. The van der Waals surface area contributed by atoms with Crippen LogP contribution in [0.15, 0.2) is 16.6 Å². The summed E-state index contributed by atoms with van der Waals surface area (Å²) in [4.78, 5) is 0. The van der Waals surface area contributed by atoms with Gasteiger partial charge in [-0.25, -0.2) is 4.39 Å². The predicted molar refractivity (Wildman–Crippen MR) is 63.0 cm³/mol. The number of aliphatic hydroxyl groups is 1. The van der Waals surface area contributed by atoms with Crippen molar-refractivity contribution in [1.82, 2.24) is 0 Å². The van der Waals surface area contributed by atoms with Crippen molar-refractivity contribution in [3.8, 4) is 0 Å². The van der Waals surface area contributed by atoms with Gasteiger partial charge in [0.15, 0.2) is 0 Å². The highest BCUT2D eigenvalue weighted by Crippen LogP contribution is 2.34. The highest BCUT2D eigenvalue weighted by molar-refractivity contribution is 9.10. The smallest absolute Gasteiger partial charge is 0.148 e. The van der Waals surface area contributed by atoms with Crippen LogP contribution in [0.4, 0.5) is 4.39 Å². The molecule has 16 heavy (non-hydrogen) atoms. The Morgan fingerprint density at radius 1 is 1.56 bits per heavy atom. The zero-order valence-corrected chi connectivity index (χ0v) is 10.8. The third-order valence-corrected chi connectivity index (χ3v) is 3.96. The van der Waals surface area contributed by atoms with Gasteiger partial charge in [-0.05, 0) is 34.8 Å². The molecule has 1 saturated heterocycles. The monoisotopic (exact) mass is 308 g/mol. The Balaban J connectivity index is 2.29. The van der Waals surface area contributed by atoms with Crippen molar-refractivity contribution in [1.29, 1.82) is 0 Å². The Labute approximate surface area is 106 Å². The Morgan fingerprint density at radius 2 is 2.31 bits per heavy atom. The quantitative estimate of drug-likeness (QED) is 0.848. The summed E-state index contributed by atoms with van der Waals surface area (Å²) >= 11 is 8.89. The number of aliphatic hydroxyl groups excluding tert-OH is 1. The van der Waals surface area contributed by atoms with Gasteiger partial charge in [-0.15, -0.1) is 0 Å². The molecule has 1 aliphatic heterocycles. The van der Waals surface area contributed by atoms with Crippen molar-refractivity contribution in [2.45, 2.75) is 25.0 Å². The Bertz CT molecular complexity index is 394. The molecule has 0 amide bonds. The second-order valence-corrected chi connectivity index (χ2v) is 4.99. The van der Waals surface area contributed by atoms with E-state index in [4.69, 9.17) is 16.3 Å². The SMILES string of the molecule is OC(c1ccc(Br)c(Cl)c1F)C1CCCO1. The molecule has 88 valence electrons. The van der Waals surface area contributed by atoms with E-state index in [1.54, 1.807) is 6.07 Å². The average molecular weight is 310 g/mol. The summed E-state index contributed by atoms with van der Waals surface area (Å²) in [6.07, 6.45) is 0.363. The number of hydrogen-bond donors (Lipinski definition) is 1. The van der Waals surface area contributed by atoms with E-state index < -0.39 is 11.9 Å². The minimum atomic E-state index is -0.951. The Kier molecular flexibility index (Phi) is 3.85. The van der Waals surface area contributed by atoms with Crippen molar-refractivity contribution in [3.63, 3.8) is 0 Å². The fourth-order valence-electron chi connectivity index (χ4n) is 1.82. The van der Waals surface area contributed by atoms with Crippen LogP contribution in [0.2, 0.25) is 5.02 Å². The highest BCUT2D eigenvalue weighted by Gasteiger charge is 2.28. The Hall–Kier alpha value is -0.160. The summed E-state index contributed by atoms with van der Waals surface area (Å²) in [5.74, 6) is -0.584. The van der Waals surface area contributed by atoms with Gasteiger partial charge in [-0.1, -0.05) is 17.7 Å². The molecular weight excluding hydrogens is 298 g/mol. The molecule has 0 radical (unpaired) electrons. The van der Waals surface area contributed by atoms with Crippen LogP contribution in [-0.2, 0) is 4.74 Å². The van der Waals surface area contributed by atoms with E-state index in [0.29, 0.717) is 11.1 Å². The maximum absolute atomic E-state index is 13.8. The van der Waals surface area contributed by atoms with Crippen LogP contribution in [0.25, 0.3) is 0 Å². The molecule has 1 heterocycles. The first kappa shape index (κ1) is 12.3. The lowest BCUT2D eigenvalue weighted by Gasteiger charge is -2.18. The summed E-state index contributed by atoms with van der Waals surface area (Å²) < 4.78 is 19.6. The lowest BCUT2D eigenvalue weighted by Crippen LogP contribution is -2.18. The summed E-state index contributed by atoms with van der Waals surface area (Å²) in [7, 11) is 0. The van der Waals surface area contributed by atoms with Crippen molar-refractivity contribution in [2.75, 3.05) is 6.61 Å². The number of hydrogen-bond acceptors (Lipinski definition) is 2. The van der Waals surface area contributed by atoms with Gasteiger partial charge in [0, 0.05) is 16.6 Å². The summed E-state index contributed by atoms with van der Waals surface area (Å²) in [5, 5.41) is 9.97. The zero-order valence-electron chi connectivity index (χ0n) is 8.42. The maximum Gasteiger partial charge on any atom is 0.148 e. The highest BCUT2D eigenvalue weighted by atomic mass is 79.9. The van der Waals surface area contributed by atoms with Gasteiger partial charge in [-0.3, -0.25) is 0 Å². The van der Waals surface area contributed by atoms with Crippen LogP contribution in [0.5, 0.6) is 0 Å². The van der Waals surface area contributed by atoms with Gasteiger partial charge in [0.2, 0.25) is 0 Å². The van der Waals surface area contributed by atoms with Crippen LogP contribution < -0.4 is 0 Å². The molecule has 2 atom stereocenters. The molecule has 2 unspecified atom stereocenters. The van der Waals surface area contributed by atoms with Crippen LogP contribution in [0, 0.1) is 5.82 Å². The molecule has 1 aliphatic rings. The molecule has 1 N–H and O–H groups in total. The van der Waals surface area contributed by atoms with Crippen molar-refractivity contribution in [2.24, 2.45) is 0 Å². The van der Waals surface area contributed by atoms with Gasteiger partial charge < -0.3 is 9.84 Å². The minimum absolute atomic E-state index is 0.00505. The fourth-order valence-corrected chi connectivity index (χ4v) is 2.30. The van der Waals surface area contributed by atoms with E-state index >= 15 is 0 Å². The van der Waals surface area contributed by atoms with Crippen molar-refractivity contribution >= 4 is 27.5 Å². The number of halogens is 3. The predicted octanol–water partition coefficient (Wildman–Crippen LogP) is 3.45. The van der Waals surface area contributed by atoms with Crippen molar-refractivity contribution in [3.05, 3.63) is 33.0 Å². The van der Waals surface area contributed by atoms with Crippen LogP contribution in [0.1, 0.15) is 24.5 Å². The minimum Gasteiger partial charge on any atom is -0.386 e. The van der Waals surface area contributed by atoms with E-state index in [-0.39, 0.29) is 16.7 Å². The van der Waals surface area contributed by atoms with Crippen LogP contribution in [0.3, 0.4) is 0 Å². The summed E-state index contributed by atoms with van der Waals surface area (Å²) in [6.45, 7) is 0.619. The normalized spacial score (nSPS) is 22.4. The fraction of sp³-hybridized carbons (Fsp3) is 0.455. The number of benzene rings is 1. The lowest BCUT2D eigenvalue weighted by atomic mass is 10.0. The third-order valence-electron chi connectivity index (χ3n) is 2.70. The molecule has 0 aliphatic carbocycles. The van der Waals surface area contributed by atoms with Gasteiger partial charge >= 0.3 is 0 Å². The molecule has 1 aromatic rings. The van der Waals surface area contributed by atoms with Gasteiger partial charge in [0.05, 0.1) is 11.1 Å². The molecule has 0 saturated carbocycles. The second-order valence-electron chi connectivity index (χ2n) is 3.76.